The van der Waals surface area contributed by atoms with Gasteiger partial charge in [-0.2, -0.15) is 0 Å². The van der Waals surface area contributed by atoms with Crippen molar-refractivity contribution in [3.05, 3.63) is 0 Å². The first-order chi connectivity index (χ1) is 7.91. The number of nitrogens with one attached hydrogen (secondary N) is 1. The Morgan fingerprint density at radius 1 is 1.41 bits per heavy atom. The van der Waals surface area contributed by atoms with Gasteiger partial charge in [-0.05, 0) is 31.8 Å². The zero-order valence-corrected chi connectivity index (χ0v) is 10.7. The molecule has 0 aromatic heterocycles. The average molecular weight is 242 g/mol. The lowest BCUT2D eigenvalue weighted by atomic mass is 9.90. The molecule has 1 amide bonds. The topological polar surface area (TPSA) is 69.6 Å². The fourth-order valence-electron chi connectivity index (χ4n) is 2.22. The summed E-state index contributed by atoms with van der Waals surface area (Å²) in [5.41, 5.74) is 0.164. The predicted octanol–water partition coefficient (Wildman–Crippen LogP) is 0.699. The number of likely N-dealkylation sites (tertiary alicyclic amines) is 1. The van der Waals surface area contributed by atoms with Gasteiger partial charge in [-0.25, -0.2) is 0 Å². The van der Waals surface area contributed by atoms with Crippen molar-refractivity contribution < 1.29 is 14.7 Å². The summed E-state index contributed by atoms with van der Waals surface area (Å²) < 4.78 is 0. The molecule has 2 N–H and O–H groups in total. The number of nitrogens with zero attached hydrogens (tertiary/aromatic N) is 1. The summed E-state index contributed by atoms with van der Waals surface area (Å²) in [4.78, 5) is 24.0. The molecule has 5 heteroatoms. The summed E-state index contributed by atoms with van der Waals surface area (Å²) in [5, 5.41) is 11.4. The van der Waals surface area contributed by atoms with Crippen LogP contribution < -0.4 is 5.32 Å². The van der Waals surface area contributed by atoms with Crippen LogP contribution in [0.2, 0.25) is 0 Å². The average Bonchev–Trinajstić information content (AvgIpc) is 2.56. The highest BCUT2D eigenvalue weighted by Crippen LogP contribution is 2.27. The van der Waals surface area contributed by atoms with E-state index in [-0.39, 0.29) is 17.7 Å². The standard InChI is InChI=1S/C12H22N2O3/c1-12(6-7-14(2)9-12)8-13-10(15)4-3-5-11(16)17/h3-9H2,1-2H3,(H,13,15)(H,16,17)/t12-/m0/s1. The molecule has 0 saturated carbocycles. The fraction of sp³-hybridized carbons (Fsp3) is 0.833. The number of carbonyl (C=O) groups is 2. The van der Waals surface area contributed by atoms with E-state index in [1.165, 1.54) is 0 Å². The first-order valence-electron chi connectivity index (χ1n) is 6.08. The molecule has 17 heavy (non-hydrogen) atoms. The van der Waals surface area contributed by atoms with Gasteiger partial charge in [0.15, 0.2) is 0 Å². The Bertz CT molecular complexity index is 293. The number of rotatable bonds is 6. The van der Waals surface area contributed by atoms with Crippen molar-refractivity contribution in [3.63, 3.8) is 0 Å². The largest absolute Gasteiger partial charge is 0.481 e. The van der Waals surface area contributed by atoms with E-state index in [0.717, 1.165) is 19.5 Å². The maximum atomic E-state index is 11.5. The fourth-order valence-corrected chi connectivity index (χ4v) is 2.22. The summed E-state index contributed by atoms with van der Waals surface area (Å²) >= 11 is 0. The normalized spacial score (nSPS) is 24.8. The van der Waals surface area contributed by atoms with Crippen molar-refractivity contribution in [1.29, 1.82) is 0 Å². The second-order valence-corrected chi connectivity index (χ2v) is 5.32. The summed E-state index contributed by atoms with van der Waals surface area (Å²) in [7, 11) is 2.08. The highest BCUT2D eigenvalue weighted by atomic mass is 16.4. The van der Waals surface area contributed by atoms with Crippen LogP contribution in [0.4, 0.5) is 0 Å². The van der Waals surface area contributed by atoms with Gasteiger partial charge in [0.25, 0.3) is 0 Å². The van der Waals surface area contributed by atoms with E-state index in [2.05, 4.69) is 24.2 Å². The number of carboxylic acid groups (broad SMARTS) is 1. The lowest BCUT2D eigenvalue weighted by Crippen LogP contribution is -2.37. The third-order valence-corrected chi connectivity index (χ3v) is 3.26. The van der Waals surface area contributed by atoms with Gasteiger partial charge in [0, 0.05) is 25.9 Å². The van der Waals surface area contributed by atoms with Gasteiger partial charge in [-0.1, -0.05) is 6.92 Å². The van der Waals surface area contributed by atoms with Crippen LogP contribution in [0.3, 0.4) is 0 Å². The zero-order chi connectivity index (χ0) is 12.9. The van der Waals surface area contributed by atoms with E-state index in [9.17, 15) is 9.59 Å². The van der Waals surface area contributed by atoms with Gasteiger partial charge in [0.1, 0.15) is 0 Å². The number of carboxylic acids is 1. The van der Waals surface area contributed by atoms with Crippen molar-refractivity contribution in [1.82, 2.24) is 10.2 Å². The Labute approximate surface area is 102 Å². The molecule has 1 rings (SSSR count). The number of hydrogen-bond acceptors (Lipinski definition) is 3. The SMILES string of the molecule is CN1CC[C@@](C)(CNC(=O)CCCC(=O)O)C1. The number of carbonyl (C=O) groups excluding carboxylic acids is 1. The predicted molar refractivity (Wildman–Crippen MR) is 64.7 cm³/mol. The molecule has 0 spiro atoms. The van der Waals surface area contributed by atoms with Gasteiger partial charge < -0.3 is 15.3 Å². The van der Waals surface area contributed by atoms with E-state index < -0.39 is 5.97 Å². The first kappa shape index (κ1) is 14.0. The number of amides is 1. The van der Waals surface area contributed by atoms with E-state index >= 15 is 0 Å². The molecule has 1 atom stereocenters. The van der Waals surface area contributed by atoms with E-state index in [0.29, 0.717) is 19.4 Å². The Morgan fingerprint density at radius 3 is 2.65 bits per heavy atom. The van der Waals surface area contributed by atoms with Crippen LogP contribution in [-0.4, -0.2) is 48.6 Å². The zero-order valence-electron chi connectivity index (χ0n) is 10.7. The molecular weight excluding hydrogens is 220 g/mol. The summed E-state index contributed by atoms with van der Waals surface area (Å²) in [6, 6.07) is 0. The van der Waals surface area contributed by atoms with Gasteiger partial charge in [0.05, 0.1) is 0 Å². The molecule has 1 aliphatic heterocycles. The van der Waals surface area contributed by atoms with Gasteiger partial charge in [-0.15, -0.1) is 0 Å². The Morgan fingerprint density at radius 2 is 2.12 bits per heavy atom. The van der Waals surface area contributed by atoms with Crippen LogP contribution >= 0.6 is 0 Å². The molecule has 0 aliphatic carbocycles. The number of hydrogen-bond donors (Lipinski definition) is 2. The minimum Gasteiger partial charge on any atom is -0.481 e. The van der Waals surface area contributed by atoms with Crippen molar-refractivity contribution in [3.8, 4) is 0 Å². The van der Waals surface area contributed by atoms with Gasteiger partial charge >= 0.3 is 5.97 Å². The first-order valence-corrected chi connectivity index (χ1v) is 6.08. The van der Waals surface area contributed by atoms with Crippen LogP contribution in [0.5, 0.6) is 0 Å². The smallest absolute Gasteiger partial charge is 0.303 e. The Balaban J connectivity index is 2.17. The van der Waals surface area contributed by atoms with Crippen molar-refractivity contribution in [2.75, 3.05) is 26.7 Å². The summed E-state index contributed by atoms with van der Waals surface area (Å²) in [6.07, 6.45) is 1.88. The second kappa shape index (κ2) is 6.00. The maximum absolute atomic E-state index is 11.5. The van der Waals surface area contributed by atoms with Crippen LogP contribution in [0, 0.1) is 5.41 Å². The lowest BCUT2D eigenvalue weighted by Gasteiger charge is -2.24. The minimum atomic E-state index is -0.845. The van der Waals surface area contributed by atoms with Crippen LogP contribution in [-0.2, 0) is 9.59 Å². The summed E-state index contributed by atoms with van der Waals surface area (Å²) in [5.74, 6) is -0.885. The van der Waals surface area contributed by atoms with Gasteiger partial charge in [0.2, 0.25) is 5.91 Å². The molecule has 0 aromatic rings. The number of aliphatic carboxylic acids is 1. The highest BCUT2D eigenvalue weighted by molar-refractivity contribution is 5.76. The Kier molecular flexibility index (Phi) is 4.93. The maximum Gasteiger partial charge on any atom is 0.303 e. The van der Waals surface area contributed by atoms with Crippen LogP contribution in [0.15, 0.2) is 0 Å². The molecule has 5 nitrogen and oxygen atoms in total. The van der Waals surface area contributed by atoms with Crippen molar-refractivity contribution in [2.24, 2.45) is 5.41 Å². The molecule has 1 heterocycles. The molecular formula is C12H22N2O3. The van der Waals surface area contributed by atoms with Crippen LogP contribution in [0.1, 0.15) is 32.6 Å². The molecule has 0 bridgehead atoms. The quantitative estimate of drug-likeness (QED) is 0.719. The molecule has 0 aromatic carbocycles. The van der Waals surface area contributed by atoms with E-state index in [4.69, 9.17) is 5.11 Å². The lowest BCUT2D eigenvalue weighted by molar-refractivity contribution is -0.137. The minimum absolute atomic E-state index is 0.0398. The summed E-state index contributed by atoms with van der Waals surface area (Å²) in [6.45, 7) is 4.94. The molecule has 1 fully saturated rings. The molecule has 0 radical (unpaired) electrons. The van der Waals surface area contributed by atoms with E-state index in [1.54, 1.807) is 0 Å². The van der Waals surface area contributed by atoms with Gasteiger partial charge in [-0.3, -0.25) is 9.59 Å². The third kappa shape index (κ3) is 5.17. The molecule has 1 aliphatic rings. The van der Waals surface area contributed by atoms with E-state index in [1.807, 2.05) is 0 Å². The Hall–Kier alpha value is -1.10. The third-order valence-electron chi connectivity index (χ3n) is 3.26. The molecule has 0 unspecified atom stereocenters. The monoisotopic (exact) mass is 242 g/mol. The van der Waals surface area contributed by atoms with Crippen LogP contribution in [0.25, 0.3) is 0 Å². The highest BCUT2D eigenvalue weighted by Gasteiger charge is 2.31. The van der Waals surface area contributed by atoms with Crippen molar-refractivity contribution >= 4 is 11.9 Å². The van der Waals surface area contributed by atoms with Crippen molar-refractivity contribution in [2.45, 2.75) is 32.6 Å². The second-order valence-electron chi connectivity index (χ2n) is 5.32. The molecule has 98 valence electrons. The molecule has 1 saturated heterocycles.